The fourth-order valence-electron chi connectivity index (χ4n) is 3.05. The smallest absolute Gasteiger partial charge is 0.248 e. The molecule has 1 fully saturated rings. The number of carbonyl (C=O) groups excluding carboxylic acids is 2. The van der Waals surface area contributed by atoms with E-state index < -0.39 is 11.1 Å². The summed E-state index contributed by atoms with van der Waals surface area (Å²) in [4.78, 5) is 28.5. The molecule has 1 N–H and O–H groups in total. The van der Waals surface area contributed by atoms with Crippen LogP contribution < -0.4 is 5.32 Å². The molecule has 0 bridgehead atoms. The fraction of sp³-hybridized carbons (Fsp3) is 0.625. The summed E-state index contributed by atoms with van der Waals surface area (Å²) in [6.07, 6.45) is 2.08. The Morgan fingerprint density at radius 3 is 2.43 bits per heavy atom. The minimum Gasteiger partial charge on any atom is -0.340 e. The lowest BCUT2D eigenvalue weighted by molar-refractivity contribution is -0.162. The zero-order chi connectivity index (χ0) is 15.7. The van der Waals surface area contributed by atoms with Crippen molar-refractivity contribution < 1.29 is 9.59 Å². The van der Waals surface area contributed by atoms with Crippen LogP contribution in [0.4, 0.5) is 0 Å². The number of carbonyl (C=O) groups is 2. The van der Waals surface area contributed by atoms with Crippen LogP contribution in [0, 0.1) is 0 Å². The predicted molar refractivity (Wildman–Crippen MR) is 85.3 cm³/mol. The van der Waals surface area contributed by atoms with Gasteiger partial charge < -0.3 is 10.2 Å². The van der Waals surface area contributed by atoms with Crippen LogP contribution in [0.3, 0.4) is 0 Å². The minimum atomic E-state index is -0.819. The zero-order valence-corrected chi connectivity index (χ0v) is 14.0. The van der Waals surface area contributed by atoms with Crippen molar-refractivity contribution in [3.63, 3.8) is 0 Å². The van der Waals surface area contributed by atoms with Gasteiger partial charge in [0, 0.05) is 11.4 Å². The molecule has 0 radical (unpaired) electrons. The Labute approximate surface area is 130 Å². The van der Waals surface area contributed by atoms with E-state index in [0.29, 0.717) is 19.4 Å². The molecule has 0 aromatic carbocycles. The van der Waals surface area contributed by atoms with E-state index in [2.05, 4.69) is 11.4 Å². The van der Waals surface area contributed by atoms with E-state index in [1.165, 1.54) is 4.88 Å². The monoisotopic (exact) mass is 308 g/mol. The highest BCUT2D eigenvalue weighted by molar-refractivity contribution is 7.09. The minimum absolute atomic E-state index is 0.0161. The van der Waals surface area contributed by atoms with Gasteiger partial charge in [0.2, 0.25) is 11.8 Å². The van der Waals surface area contributed by atoms with Gasteiger partial charge in [0.15, 0.2) is 0 Å². The maximum Gasteiger partial charge on any atom is 0.248 e. The number of piperazine rings is 1. The van der Waals surface area contributed by atoms with E-state index in [1.54, 1.807) is 25.2 Å². The molecule has 0 saturated carbocycles. The number of nitrogens with one attached hydrogen (secondary N) is 1. The molecule has 116 valence electrons. The normalized spacial score (nSPS) is 20.5. The van der Waals surface area contributed by atoms with Gasteiger partial charge in [-0.1, -0.05) is 19.9 Å². The summed E-state index contributed by atoms with van der Waals surface area (Å²) >= 11 is 1.69. The molecule has 1 aromatic rings. The van der Waals surface area contributed by atoms with E-state index in [0.717, 1.165) is 6.42 Å². The SMILES string of the molecule is CCC1(CC)C(=O)NC(C)(C)C(=O)N1CCc1cccs1. The molecular formula is C16H24N2O2S. The van der Waals surface area contributed by atoms with Crippen LogP contribution in [-0.4, -0.2) is 34.3 Å². The first-order chi connectivity index (χ1) is 9.87. The second-order valence-corrected chi connectivity index (χ2v) is 7.14. The van der Waals surface area contributed by atoms with Crippen LogP contribution >= 0.6 is 11.3 Å². The highest BCUT2D eigenvalue weighted by atomic mass is 32.1. The summed E-state index contributed by atoms with van der Waals surface area (Å²) in [6.45, 7) is 8.11. The van der Waals surface area contributed by atoms with Crippen LogP contribution in [-0.2, 0) is 16.0 Å². The van der Waals surface area contributed by atoms with Crippen molar-refractivity contribution >= 4 is 23.2 Å². The standard InChI is InChI=1S/C16H24N2O2S/c1-5-16(6-2)13(19)17-15(3,4)14(20)18(16)10-9-12-8-7-11-21-12/h7-8,11H,5-6,9-10H2,1-4H3,(H,17,19). The quantitative estimate of drug-likeness (QED) is 0.909. The van der Waals surface area contributed by atoms with E-state index in [-0.39, 0.29) is 11.8 Å². The number of amides is 2. The summed E-state index contributed by atoms with van der Waals surface area (Å²) in [5.41, 5.74) is -1.52. The van der Waals surface area contributed by atoms with E-state index in [1.807, 2.05) is 30.2 Å². The third-order valence-corrected chi connectivity index (χ3v) is 5.41. The van der Waals surface area contributed by atoms with Gasteiger partial charge in [-0.2, -0.15) is 0 Å². The van der Waals surface area contributed by atoms with Gasteiger partial charge in [0.05, 0.1) is 0 Å². The summed E-state index contributed by atoms with van der Waals surface area (Å²) in [7, 11) is 0. The van der Waals surface area contributed by atoms with Crippen molar-refractivity contribution in [1.29, 1.82) is 0 Å². The topological polar surface area (TPSA) is 49.4 Å². The van der Waals surface area contributed by atoms with Gasteiger partial charge in [0.1, 0.15) is 11.1 Å². The summed E-state index contributed by atoms with van der Waals surface area (Å²) in [6, 6.07) is 4.09. The van der Waals surface area contributed by atoms with Gasteiger partial charge >= 0.3 is 0 Å². The first kappa shape index (κ1) is 16.0. The molecule has 2 amide bonds. The average Bonchev–Trinajstić information content (AvgIpc) is 2.94. The van der Waals surface area contributed by atoms with Gasteiger partial charge in [-0.25, -0.2) is 0 Å². The van der Waals surface area contributed by atoms with Crippen molar-refractivity contribution in [3.8, 4) is 0 Å². The molecule has 1 aliphatic rings. The third-order valence-electron chi connectivity index (χ3n) is 4.48. The summed E-state index contributed by atoms with van der Waals surface area (Å²) in [5, 5.41) is 4.93. The predicted octanol–water partition coefficient (Wildman–Crippen LogP) is 2.59. The molecule has 2 rings (SSSR count). The molecule has 21 heavy (non-hydrogen) atoms. The highest BCUT2D eigenvalue weighted by Gasteiger charge is 2.53. The lowest BCUT2D eigenvalue weighted by atomic mass is 9.82. The lowest BCUT2D eigenvalue weighted by Gasteiger charge is -2.50. The van der Waals surface area contributed by atoms with Crippen LogP contribution in [0.25, 0.3) is 0 Å². The molecule has 0 unspecified atom stereocenters. The average molecular weight is 308 g/mol. The Morgan fingerprint density at radius 2 is 1.90 bits per heavy atom. The molecule has 5 heteroatoms. The molecule has 0 atom stereocenters. The van der Waals surface area contributed by atoms with Gasteiger partial charge in [-0.05, 0) is 44.6 Å². The number of rotatable bonds is 5. The van der Waals surface area contributed by atoms with Crippen molar-refractivity contribution in [2.75, 3.05) is 6.54 Å². The summed E-state index contributed by atoms with van der Waals surface area (Å²) < 4.78 is 0. The molecule has 4 nitrogen and oxygen atoms in total. The zero-order valence-electron chi connectivity index (χ0n) is 13.2. The van der Waals surface area contributed by atoms with Crippen LogP contribution in [0.2, 0.25) is 0 Å². The van der Waals surface area contributed by atoms with Crippen LogP contribution in [0.15, 0.2) is 17.5 Å². The summed E-state index contributed by atoms with van der Waals surface area (Å²) in [5.74, 6) is -0.00867. The number of thiophene rings is 1. The maximum atomic E-state index is 12.8. The molecule has 1 aromatic heterocycles. The second-order valence-electron chi connectivity index (χ2n) is 6.10. The number of hydrogen-bond acceptors (Lipinski definition) is 3. The fourth-order valence-corrected chi connectivity index (χ4v) is 3.75. The molecule has 1 aliphatic heterocycles. The Morgan fingerprint density at radius 1 is 1.24 bits per heavy atom. The Hall–Kier alpha value is -1.36. The largest absolute Gasteiger partial charge is 0.340 e. The van der Waals surface area contributed by atoms with Crippen LogP contribution in [0.5, 0.6) is 0 Å². The first-order valence-electron chi connectivity index (χ1n) is 7.54. The Kier molecular flexibility index (Phi) is 4.42. The third kappa shape index (κ3) is 2.71. The molecule has 0 spiro atoms. The molecule has 0 aliphatic carbocycles. The van der Waals surface area contributed by atoms with E-state index >= 15 is 0 Å². The molecule has 1 saturated heterocycles. The van der Waals surface area contributed by atoms with Crippen molar-refractivity contribution in [2.45, 2.75) is 58.0 Å². The van der Waals surface area contributed by atoms with Gasteiger partial charge in [-0.3, -0.25) is 9.59 Å². The van der Waals surface area contributed by atoms with Crippen molar-refractivity contribution in [1.82, 2.24) is 10.2 Å². The molecule has 2 heterocycles. The Bertz CT molecular complexity index is 518. The number of hydrogen-bond donors (Lipinski definition) is 1. The highest BCUT2D eigenvalue weighted by Crippen LogP contribution is 2.32. The first-order valence-corrected chi connectivity index (χ1v) is 8.42. The van der Waals surface area contributed by atoms with Gasteiger partial charge in [0.25, 0.3) is 0 Å². The maximum absolute atomic E-state index is 12.8. The lowest BCUT2D eigenvalue weighted by Crippen LogP contribution is -2.74. The van der Waals surface area contributed by atoms with Crippen molar-refractivity contribution in [3.05, 3.63) is 22.4 Å². The van der Waals surface area contributed by atoms with E-state index in [4.69, 9.17) is 0 Å². The molecular weight excluding hydrogens is 284 g/mol. The number of nitrogens with zero attached hydrogens (tertiary/aromatic N) is 1. The van der Waals surface area contributed by atoms with Gasteiger partial charge in [-0.15, -0.1) is 11.3 Å². The van der Waals surface area contributed by atoms with E-state index in [9.17, 15) is 9.59 Å². The van der Waals surface area contributed by atoms with Crippen LogP contribution in [0.1, 0.15) is 45.4 Å². The second kappa shape index (κ2) is 5.79. The Balaban J connectivity index is 2.29. The van der Waals surface area contributed by atoms with Crippen molar-refractivity contribution in [2.24, 2.45) is 0 Å².